The van der Waals surface area contributed by atoms with Gasteiger partial charge in [-0.25, -0.2) is 0 Å². The summed E-state index contributed by atoms with van der Waals surface area (Å²) in [6, 6.07) is 12.6. The predicted molar refractivity (Wildman–Crippen MR) is 72.6 cm³/mol. The molecule has 90 valence electrons. The molecule has 2 rings (SSSR count). The van der Waals surface area contributed by atoms with E-state index in [4.69, 9.17) is 4.42 Å². The van der Waals surface area contributed by atoms with Gasteiger partial charge in [-0.05, 0) is 31.5 Å². The maximum atomic E-state index is 5.77. The predicted octanol–water partition coefficient (Wildman–Crippen LogP) is 5.08. The molecule has 0 spiro atoms. The van der Waals surface area contributed by atoms with E-state index in [2.05, 4.69) is 37.3 Å². The van der Waals surface area contributed by atoms with Gasteiger partial charge in [0.15, 0.2) is 0 Å². The van der Waals surface area contributed by atoms with E-state index in [-0.39, 0.29) is 0 Å². The number of benzene rings is 1. The van der Waals surface area contributed by atoms with E-state index >= 15 is 0 Å². The van der Waals surface area contributed by atoms with Crippen molar-refractivity contribution in [3.05, 3.63) is 47.9 Å². The summed E-state index contributed by atoms with van der Waals surface area (Å²) >= 11 is 1.79. The molecule has 0 radical (unpaired) electrons. The summed E-state index contributed by atoms with van der Waals surface area (Å²) in [7, 11) is 0. The van der Waals surface area contributed by atoms with Crippen LogP contribution in [0.25, 0.3) is 0 Å². The Bertz CT molecular complexity index is 459. The average Bonchev–Trinajstić information content (AvgIpc) is 2.68. The van der Waals surface area contributed by atoms with E-state index in [0.717, 1.165) is 17.9 Å². The van der Waals surface area contributed by atoms with E-state index in [1.807, 2.05) is 13.0 Å². The molecule has 0 saturated heterocycles. The first-order valence-electron chi connectivity index (χ1n) is 6.12. The molecule has 0 amide bonds. The molecule has 2 heteroatoms. The molecule has 0 unspecified atom stereocenters. The van der Waals surface area contributed by atoms with Crippen molar-refractivity contribution in [2.45, 2.75) is 42.9 Å². The van der Waals surface area contributed by atoms with Gasteiger partial charge in [-0.3, -0.25) is 0 Å². The Morgan fingerprint density at radius 3 is 2.65 bits per heavy atom. The average molecular weight is 246 g/mol. The van der Waals surface area contributed by atoms with Gasteiger partial charge in [0.2, 0.25) is 0 Å². The van der Waals surface area contributed by atoms with Crippen LogP contribution in [-0.4, -0.2) is 0 Å². The minimum atomic E-state index is 1.01. The molecule has 0 atom stereocenters. The van der Waals surface area contributed by atoms with Crippen molar-refractivity contribution >= 4 is 11.8 Å². The second-order valence-electron chi connectivity index (χ2n) is 4.16. The van der Waals surface area contributed by atoms with E-state index in [0.29, 0.717) is 0 Å². The van der Waals surface area contributed by atoms with Crippen molar-refractivity contribution in [2.75, 3.05) is 0 Å². The molecule has 0 fully saturated rings. The monoisotopic (exact) mass is 246 g/mol. The van der Waals surface area contributed by atoms with Gasteiger partial charge in [0.05, 0.1) is 4.90 Å². The SMILES string of the molecule is CCCCc1oc(C)cc1Sc1ccccc1. The third-order valence-corrected chi connectivity index (χ3v) is 3.70. The lowest BCUT2D eigenvalue weighted by molar-refractivity contribution is 0.469. The number of hydrogen-bond acceptors (Lipinski definition) is 2. The Hall–Kier alpha value is -1.15. The van der Waals surface area contributed by atoms with Crippen LogP contribution in [-0.2, 0) is 6.42 Å². The summed E-state index contributed by atoms with van der Waals surface area (Å²) in [6.07, 6.45) is 3.43. The van der Waals surface area contributed by atoms with E-state index in [9.17, 15) is 0 Å². The van der Waals surface area contributed by atoms with Crippen LogP contribution in [0.1, 0.15) is 31.3 Å². The number of unbranched alkanes of at least 4 members (excludes halogenated alkanes) is 1. The number of rotatable bonds is 5. The van der Waals surface area contributed by atoms with E-state index < -0.39 is 0 Å². The molecular formula is C15H18OS. The molecule has 0 N–H and O–H groups in total. The van der Waals surface area contributed by atoms with E-state index in [1.54, 1.807) is 11.8 Å². The molecule has 0 aliphatic heterocycles. The summed E-state index contributed by atoms with van der Waals surface area (Å²) in [5, 5.41) is 0. The van der Waals surface area contributed by atoms with Crippen LogP contribution in [0.5, 0.6) is 0 Å². The molecule has 1 aromatic heterocycles. The molecule has 17 heavy (non-hydrogen) atoms. The Labute approximate surface area is 107 Å². The van der Waals surface area contributed by atoms with Crippen molar-refractivity contribution in [1.29, 1.82) is 0 Å². The summed E-state index contributed by atoms with van der Waals surface area (Å²) in [5.74, 6) is 2.15. The maximum Gasteiger partial charge on any atom is 0.118 e. The highest BCUT2D eigenvalue weighted by Gasteiger charge is 2.09. The molecule has 0 saturated carbocycles. The van der Waals surface area contributed by atoms with Crippen molar-refractivity contribution < 1.29 is 4.42 Å². The van der Waals surface area contributed by atoms with Crippen molar-refractivity contribution in [1.82, 2.24) is 0 Å². The standard InChI is InChI=1S/C15H18OS/c1-3-4-10-14-15(11-12(2)16-14)17-13-8-6-5-7-9-13/h5-9,11H,3-4,10H2,1-2H3. The highest BCUT2D eigenvalue weighted by atomic mass is 32.2. The lowest BCUT2D eigenvalue weighted by Crippen LogP contribution is -1.83. The second kappa shape index (κ2) is 5.97. The highest BCUT2D eigenvalue weighted by Crippen LogP contribution is 2.33. The molecule has 2 aromatic rings. The zero-order valence-corrected chi connectivity index (χ0v) is 11.2. The minimum absolute atomic E-state index is 1.01. The van der Waals surface area contributed by atoms with E-state index in [1.165, 1.54) is 22.6 Å². The number of hydrogen-bond donors (Lipinski definition) is 0. The van der Waals surface area contributed by atoms with Gasteiger partial charge in [-0.15, -0.1) is 0 Å². The van der Waals surface area contributed by atoms with Crippen molar-refractivity contribution in [2.24, 2.45) is 0 Å². The Morgan fingerprint density at radius 1 is 1.18 bits per heavy atom. The van der Waals surface area contributed by atoms with Crippen LogP contribution < -0.4 is 0 Å². The first-order valence-corrected chi connectivity index (χ1v) is 6.93. The first-order chi connectivity index (χ1) is 8.29. The smallest absolute Gasteiger partial charge is 0.118 e. The number of furan rings is 1. The lowest BCUT2D eigenvalue weighted by Gasteiger charge is -2.01. The van der Waals surface area contributed by atoms with Gasteiger partial charge in [0.1, 0.15) is 11.5 Å². The topological polar surface area (TPSA) is 13.1 Å². The summed E-state index contributed by atoms with van der Waals surface area (Å²) < 4.78 is 5.77. The lowest BCUT2D eigenvalue weighted by atomic mass is 10.2. The molecule has 0 aliphatic carbocycles. The molecule has 1 aromatic carbocycles. The fourth-order valence-corrected chi connectivity index (χ4v) is 2.78. The molecule has 0 bridgehead atoms. The summed E-state index contributed by atoms with van der Waals surface area (Å²) in [4.78, 5) is 2.54. The molecular weight excluding hydrogens is 228 g/mol. The summed E-state index contributed by atoms with van der Waals surface area (Å²) in [5.41, 5.74) is 0. The van der Waals surface area contributed by atoms with Crippen LogP contribution in [0.2, 0.25) is 0 Å². The Kier molecular flexibility index (Phi) is 4.32. The summed E-state index contributed by atoms with van der Waals surface area (Å²) in [6.45, 7) is 4.23. The molecule has 0 aliphatic rings. The van der Waals surface area contributed by atoms with Crippen molar-refractivity contribution in [3.8, 4) is 0 Å². The van der Waals surface area contributed by atoms with Gasteiger partial charge in [0, 0.05) is 11.3 Å². The van der Waals surface area contributed by atoms with Crippen LogP contribution >= 0.6 is 11.8 Å². The van der Waals surface area contributed by atoms with Crippen LogP contribution in [0.3, 0.4) is 0 Å². The quantitative estimate of drug-likeness (QED) is 0.729. The van der Waals surface area contributed by atoms with Crippen LogP contribution in [0.4, 0.5) is 0 Å². The maximum absolute atomic E-state index is 5.77. The van der Waals surface area contributed by atoms with Gasteiger partial charge < -0.3 is 4.42 Å². The van der Waals surface area contributed by atoms with Gasteiger partial charge in [-0.1, -0.05) is 43.3 Å². The Balaban J connectivity index is 2.14. The Morgan fingerprint density at radius 2 is 1.94 bits per heavy atom. The molecule has 1 heterocycles. The zero-order chi connectivity index (χ0) is 12.1. The fourth-order valence-electron chi connectivity index (χ4n) is 1.75. The second-order valence-corrected chi connectivity index (χ2v) is 5.28. The number of aryl methyl sites for hydroxylation is 2. The zero-order valence-electron chi connectivity index (χ0n) is 10.4. The van der Waals surface area contributed by atoms with Crippen LogP contribution in [0, 0.1) is 6.92 Å². The minimum Gasteiger partial charge on any atom is -0.465 e. The van der Waals surface area contributed by atoms with Gasteiger partial charge in [0.25, 0.3) is 0 Å². The van der Waals surface area contributed by atoms with Gasteiger partial charge in [-0.2, -0.15) is 0 Å². The highest BCUT2D eigenvalue weighted by molar-refractivity contribution is 7.99. The third-order valence-electron chi connectivity index (χ3n) is 2.62. The van der Waals surface area contributed by atoms with Gasteiger partial charge >= 0.3 is 0 Å². The van der Waals surface area contributed by atoms with Crippen molar-refractivity contribution in [3.63, 3.8) is 0 Å². The van der Waals surface area contributed by atoms with Crippen LogP contribution in [0.15, 0.2) is 50.6 Å². The molecule has 1 nitrogen and oxygen atoms in total. The largest absolute Gasteiger partial charge is 0.465 e. The first kappa shape index (κ1) is 12.3. The fraction of sp³-hybridized carbons (Fsp3) is 0.333. The normalized spacial score (nSPS) is 10.7. The third kappa shape index (κ3) is 3.40.